The van der Waals surface area contributed by atoms with Crippen LogP contribution in [0.15, 0.2) is 0 Å². The summed E-state index contributed by atoms with van der Waals surface area (Å²) in [6.45, 7) is 8.81. The van der Waals surface area contributed by atoms with Crippen LogP contribution in [0.1, 0.15) is 34.1 Å². The van der Waals surface area contributed by atoms with Crippen LogP contribution in [0.3, 0.4) is 0 Å². The van der Waals surface area contributed by atoms with Crippen LogP contribution in [0.25, 0.3) is 0 Å². The van der Waals surface area contributed by atoms with Gasteiger partial charge in [0.15, 0.2) is 0 Å². The van der Waals surface area contributed by atoms with E-state index in [-0.39, 0.29) is 12.1 Å². The Balaban J connectivity index is 4.22. The number of rotatable bonds is 6. The fourth-order valence-corrected chi connectivity index (χ4v) is 1.55. The summed E-state index contributed by atoms with van der Waals surface area (Å²) < 4.78 is 0. The average molecular weight is 202 g/mol. The lowest BCUT2D eigenvalue weighted by molar-refractivity contribution is 0.119. The van der Waals surface area contributed by atoms with Crippen LogP contribution in [0.4, 0.5) is 0 Å². The van der Waals surface area contributed by atoms with Crippen molar-refractivity contribution >= 4 is 0 Å². The molecule has 0 aliphatic carbocycles. The molecule has 0 radical (unpaired) electrons. The number of hydrogen-bond donors (Lipinski definition) is 2. The molecular weight excluding hydrogens is 176 g/mol. The largest absolute Gasteiger partial charge is 0.394 e. The minimum atomic E-state index is -0.164. The standard InChI is InChI=1S/C11H26N2O/c1-9(2)13(6)10(3)7-11(4,8-14)12-5/h9-10,12,14H,7-8H2,1-6H3. The van der Waals surface area contributed by atoms with Crippen LogP contribution in [0, 0.1) is 0 Å². The van der Waals surface area contributed by atoms with Gasteiger partial charge in [0.1, 0.15) is 0 Å². The van der Waals surface area contributed by atoms with E-state index in [4.69, 9.17) is 0 Å². The van der Waals surface area contributed by atoms with Crippen molar-refractivity contribution in [3.63, 3.8) is 0 Å². The van der Waals surface area contributed by atoms with E-state index in [1.807, 2.05) is 7.05 Å². The zero-order valence-corrected chi connectivity index (χ0v) is 10.5. The number of aliphatic hydroxyl groups is 1. The molecule has 0 aromatic rings. The molecule has 0 spiro atoms. The molecular formula is C11H26N2O. The van der Waals surface area contributed by atoms with Crippen molar-refractivity contribution in [3.05, 3.63) is 0 Å². The summed E-state index contributed by atoms with van der Waals surface area (Å²) in [6.07, 6.45) is 0.953. The van der Waals surface area contributed by atoms with E-state index in [2.05, 4.69) is 45.0 Å². The second kappa shape index (κ2) is 5.69. The molecule has 0 rings (SSSR count). The van der Waals surface area contributed by atoms with Gasteiger partial charge in [-0.3, -0.25) is 0 Å². The van der Waals surface area contributed by atoms with E-state index in [9.17, 15) is 5.11 Å². The Hall–Kier alpha value is -0.120. The lowest BCUT2D eigenvalue weighted by atomic mass is 9.94. The Bertz CT molecular complexity index is 155. The SMILES string of the molecule is CNC(C)(CO)CC(C)N(C)C(C)C. The van der Waals surface area contributed by atoms with Gasteiger partial charge >= 0.3 is 0 Å². The van der Waals surface area contributed by atoms with Crippen LogP contribution < -0.4 is 5.32 Å². The molecule has 0 aromatic carbocycles. The number of likely N-dealkylation sites (N-methyl/N-ethyl adjacent to an activating group) is 1. The van der Waals surface area contributed by atoms with Crippen LogP contribution in [0.2, 0.25) is 0 Å². The smallest absolute Gasteiger partial charge is 0.0611 e. The minimum absolute atomic E-state index is 0.164. The Kier molecular flexibility index (Phi) is 5.64. The molecule has 2 N–H and O–H groups in total. The summed E-state index contributed by atoms with van der Waals surface area (Å²) >= 11 is 0. The molecule has 14 heavy (non-hydrogen) atoms. The Morgan fingerprint density at radius 2 is 1.86 bits per heavy atom. The van der Waals surface area contributed by atoms with Gasteiger partial charge in [-0.2, -0.15) is 0 Å². The van der Waals surface area contributed by atoms with Crippen LogP contribution in [-0.2, 0) is 0 Å². The summed E-state index contributed by atoms with van der Waals surface area (Å²) in [6, 6.07) is 1.02. The summed E-state index contributed by atoms with van der Waals surface area (Å²) in [7, 11) is 4.03. The first-order valence-corrected chi connectivity index (χ1v) is 5.38. The Morgan fingerprint density at radius 3 is 2.14 bits per heavy atom. The van der Waals surface area contributed by atoms with Crippen molar-refractivity contribution in [3.8, 4) is 0 Å². The van der Waals surface area contributed by atoms with Gasteiger partial charge in [-0.05, 0) is 48.2 Å². The second-order valence-electron chi connectivity index (χ2n) is 4.78. The topological polar surface area (TPSA) is 35.5 Å². The van der Waals surface area contributed by atoms with Gasteiger partial charge in [0, 0.05) is 17.6 Å². The summed E-state index contributed by atoms with van der Waals surface area (Å²) in [5.41, 5.74) is -0.164. The highest BCUT2D eigenvalue weighted by Crippen LogP contribution is 2.15. The first kappa shape index (κ1) is 13.9. The normalized spacial score (nSPS) is 18.6. The first-order valence-electron chi connectivity index (χ1n) is 5.38. The number of hydrogen-bond acceptors (Lipinski definition) is 3. The maximum Gasteiger partial charge on any atom is 0.0611 e. The van der Waals surface area contributed by atoms with Crippen LogP contribution in [0.5, 0.6) is 0 Å². The molecule has 0 aliphatic rings. The second-order valence-corrected chi connectivity index (χ2v) is 4.78. The van der Waals surface area contributed by atoms with Crippen LogP contribution in [-0.4, -0.2) is 48.3 Å². The van der Waals surface area contributed by atoms with Crippen LogP contribution >= 0.6 is 0 Å². The van der Waals surface area contributed by atoms with E-state index in [0.29, 0.717) is 12.1 Å². The Morgan fingerprint density at radius 1 is 1.36 bits per heavy atom. The number of aliphatic hydroxyl groups excluding tert-OH is 1. The van der Waals surface area contributed by atoms with Crippen molar-refractivity contribution in [2.75, 3.05) is 20.7 Å². The third kappa shape index (κ3) is 3.95. The van der Waals surface area contributed by atoms with E-state index >= 15 is 0 Å². The highest BCUT2D eigenvalue weighted by Gasteiger charge is 2.26. The summed E-state index contributed by atoms with van der Waals surface area (Å²) in [5.74, 6) is 0. The molecule has 0 aromatic heterocycles. The molecule has 2 unspecified atom stereocenters. The highest BCUT2D eigenvalue weighted by atomic mass is 16.3. The molecule has 0 heterocycles. The van der Waals surface area contributed by atoms with Crippen molar-refractivity contribution in [1.82, 2.24) is 10.2 Å². The minimum Gasteiger partial charge on any atom is -0.394 e. The molecule has 0 saturated carbocycles. The predicted molar refractivity (Wildman–Crippen MR) is 61.5 cm³/mol. The zero-order chi connectivity index (χ0) is 11.4. The maximum absolute atomic E-state index is 9.27. The van der Waals surface area contributed by atoms with Gasteiger partial charge in [0.05, 0.1) is 6.61 Å². The quantitative estimate of drug-likeness (QED) is 0.676. The monoisotopic (exact) mass is 202 g/mol. The molecule has 3 heteroatoms. The van der Waals surface area contributed by atoms with Gasteiger partial charge in [0.2, 0.25) is 0 Å². The molecule has 0 fully saturated rings. The van der Waals surface area contributed by atoms with E-state index in [1.54, 1.807) is 0 Å². The fourth-order valence-electron chi connectivity index (χ4n) is 1.55. The van der Waals surface area contributed by atoms with Gasteiger partial charge in [-0.1, -0.05) is 0 Å². The molecule has 0 amide bonds. The van der Waals surface area contributed by atoms with E-state index in [1.165, 1.54) is 0 Å². The summed E-state index contributed by atoms with van der Waals surface area (Å²) in [4.78, 5) is 2.32. The lowest BCUT2D eigenvalue weighted by Gasteiger charge is -2.36. The third-order valence-electron chi connectivity index (χ3n) is 3.21. The molecule has 2 atom stereocenters. The molecule has 0 aliphatic heterocycles. The van der Waals surface area contributed by atoms with Gasteiger partial charge in [0.25, 0.3) is 0 Å². The number of nitrogens with one attached hydrogen (secondary N) is 1. The van der Waals surface area contributed by atoms with E-state index in [0.717, 1.165) is 6.42 Å². The highest BCUT2D eigenvalue weighted by molar-refractivity contribution is 4.85. The number of nitrogens with zero attached hydrogens (tertiary/aromatic N) is 1. The summed E-state index contributed by atoms with van der Waals surface area (Å²) in [5, 5.41) is 12.4. The maximum atomic E-state index is 9.27. The first-order chi connectivity index (χ1) is 6.36. The average Bonchev–Trinajstić information content (AvgIpc) is 2.16. The van der Waals surface area contributed by atoms with Gasteiger partial charge < -0.3 is 15.3 Å². The fraction of sp³-hybridized carbons (Fsp3) is 1.00. The molecule has 3 nitrogen and oxygen atoms in total. The van der Waals surface area contributed by atoms with Gasteiger partial charge in [-0.25, -0.2) is 0 Å². The van der Waals surface area contributed by atoms with Crippen molar-refractivity contribution < 1.29 is 5.11 Å². The third-order valence-corrected chi connectivity index (χ3v) is 3.21. The molecule has 0 bridgehead atoms. The van der Waals surface area contributed by atoms with Crippen molar-refractivity contribution in [2.24, 2.45) is 0 Å². The van der Waals surface area contributed by atoms with E-state index < -0.39 is 0 Å². The van der Waals surface area contributed by atoms with Crippen molar-refractivity contribution in [2.45, 2.75) is 51.7 Å². The Labute approximate surface area is 88.5 Å². The lowest BCUT2D eigenvalue weighted by Crippen LogP contribution is -2.49. The van der Waals surface area contributed by atoms with Gasteiger partial charge in [-0.15, -0.1) is 0 Å². The zero-order valence-electron chi connectivity index (χ0n) is 10.5. The van der Waals surface area contributed by atoms with Crippen molar-refractivity contribution in [1.29, 1.82) is 0 Å². The molecule has 0 saturated heterocycles. The molecule has 86 valence electrons. The predicted octanol–water partition coefficient (Wildman–Crippen LogP) is 1.08.